The second-order valence-corrected chi connectivity index (χ2v) is 5.87. The molecule has 2 heterocycles. The highest BCUT2D eigenvalue weighted by Gasteiger charge is 2.48. The Labute approximate surface area is 109 Å². The average molecular weight is 260 g/mol. The molecular weight excluding hydrogens is 234 g/mol. The molecule has 2 fully saturated rings. The normalized spacial score (nSPS) is 34.0. The second-order valence-electron chi connectivity index (χ2n) is 5.87. The summed E-state index contributed by atoms with van der Waals surface area (Å²) in [7, 11) is 0. The summed E-state index contributed by atoms with van der Waals surface area (Å²) in [5, 5.41) is 0. The quantitative estimate of drug-likeness (QED) is 0.767. The van der Waals surface area contributed by atoms with Gasteiger partial charge in [-0.15, -0.1) is 0 Å². The molecule has 18 heavy (non-hydrogen) atoms. The molecule has 0 bridgehead atoms. The Kier molecular flexibility index (Phi) is 4.59. The van der Waals surface area contributed by atoms with Gasteiger partial charge in [0.05, 0.1) is 12.6 Å². The zero-order valence-corrected chi connectivity index (χ0v) is 11.7. The summed E-state index contributed by atoms with van der Waals surface area (Å²) in [6.07, 6.45) is 4.09. The van der Waals surface area contributed by atoms with Crippen molar-refractivity contribution in [2.24, 2.45) is 5.92 Å². The molecule has 0 saturated carbocycles. The van der Waals surface area contributed by atoms with Crippen molar-refractivity contribution in [1.29, 1.82) is 0 Å². The van der Waals surface area contributed by atoms with Crippen molar-refractivity contribution >= 4 is 0 Å². The molecule has 0 amide bonds. The summed E-state index contributed by atoms with van der Waals surface area (Å²) < 4.78 is 28.4. The average Bonchev–Trinajstić information content (AvgIpc) is 2.76. The van der Waals surface area contributed by atoms with Crippen LogP contribution in [-0.2, 0) is 0 Å². The standard InChI is InChI=1S/C14H26F2N2/c1-3-5-12-6-9-18(10-12)13-7-8-17(4-2)11-14(13,15)16/h12-13H,3-11H2,1-2H3. The molecule has 0 N–H and O–H groups in total. The monoisotopic (exact) mass is 260 g/mol. The van der Waals surface area contributed by atoms with Crippen molar-refractivity contribution in [2.45, 2.75) is 51.5 Å². The van der Waals surface area contributed by atoms with Crippen LogP contribution in [0.4, 0.5) is 8.78 Å². The maximum Gasteiger partial charge on any atom is 0.275 e. The van der Waals surface area contributed by atoms with E-state index in [4.69, 9.17) is 0 Å². The van der Waals surface area contributed by atoms with Gasteiger partial charge in [-0.05, 0) is 38.3 Å². The summed E-state index contributed by atoms with van der Waals surface area (Å²) >= 11 is 0. The summed E-state index contributed by atoms with van der Waals surface area (Å²) in [6, 6.07) is -0.512. The molecule has 2 aliphatic rings. The van der Waals surface area contributed by atoms with Crippen molar-refractivity contribution in [3.63, 3.8) is 0 Å². The van der Waals surface area contributed by atoms with Gasteiger partial charge < -0.3 is 0 Å². The minimum Gasteiger partial charge on any atom is -0.298 e. The molecule has 2 unspecified atom stereocenters. The lowest BCUT2D eigenvalue weighted by molar-refractivity contribution is -0.122. The Morgan fingerprint density at radius 2 is 1.94 bits per heavy atom. The van der Waals surface area contributed by atoms with Gasteiger partial charge in [0.2, 0.25) is 0 Å². The van der Waals surface area contributed by atoms with Crippen LogP contribution in [0.5, 0.6) is 0 Å². The van der Waals surface area contributed by atoms with E-state index in [2.05, 4.69) is 11.8 Å². The minimum absolute atomic E-state index is 0.0525. The van der Waals surface area contributed by atoms with Gasteiger partial charge in [-0.2, -0.15) is 0 Å². The fourth-order valence-corrected chi connectivity index (χ4v) is 3.51. The SMILES string of the molecule is CCCC1CCN(C2CCN(CC)CC2(F)F)C1. The van der Waals surface area contributed by atoms with Crippen LogP contribution in [-0.4, -0.2) is 54.5 Å². The lowest BCUT2D eigenvalue weighted by Gasteiger charge is -2.42. The Morgan fingerprint density at radius 1 is 1.17 bits per heavy atom. The molecule has 0 aromatic heterocycles. The van der Waals surface area contributed by atoms with Crippen molar-refractivity contribution in [3.8, 4) is 0 Å². The molecule has 2 atom stereocenters. The predicted molar refractivity (Wildman–Crippen MR) is 70.1 cm³/mol. The highest BCUT2D eigenvalue weighted by molar-refractivity contribution is 4.95. The van der Waals surface area contributed by atoms with E-state index < -0.39 is 12.0 Å². The fourth-order valence-electron chi connectivity index (χ4n) is 3.51. The van der Waals surface area contributed by atoms with Gasteiger partial charge in [-0.25, -0.2) is 8.78 Å². The fraction of sp³-hybridized carbons (Fsp3) is 1.00. The third kappa shape index (κ3) is 3.02. The maximum absolute atomic E-state index is 14.2. The molecule has 4 heteroatoms. The largest absolute Gasteiger partial charge is 0.298 e. The second kappa shape index (κ2) is 5.83. The van der Waals surface area contributed by atoms with Crippen LogP contribution in [0.2, 0.25) is 0 Å². The van der Waals surface area contributed by atoms with E-state index in [9.17, 15) is 8.78 Å². The highest BCUT2D eigenvalue weighted by atomic mass is 19.3. The number of rotatable bonds is 4. The summed E-state index contributed by atoms with van der Waals surface area (Å²) in [5.74, 6) is -1.88. The van der Waals surface area contributed by atoms with Crippen molar-refractivity contribution in [1.82, 2.24) is 9.80 Å². The molecule has 0 aromatic carbocycles. The number of piperidine rings is 1. The van der Waals surface area contributed by atoms with Crippen molar-refractivity contribution in [2.75, 3.05) is 32.7 Å². The van der Waals surface area contributed by atoms with Crippen molar-refractivity contribution < 1.29 is 8.78 Å². The smallest absolute Gasteiger partial charge is 0.275 e. The first kappa shape index (κ1) is 14.2. The van der Waals surface area contributed by atoms with Crippen LogP contribution in [0.15, 0.2) is 0 Å². The third-order valence-corrected chi connectivity index (χ3v) is 4.54. The van der Waals surface area contributed by atoms with Crippen molar-refractivity contribution in [3.05, 3.63) is 0 Å². The first-order valence-electron chi connectivity index (χ1n) is 7.41. The van der Waals surface area contributed by atoms with Gasteiger partial charge >= 0.3 is 0 Å². The number of alkyl halides is 2. The number of nitrogens with zero attached hydrogens (tertiary/aromatic N) is 2. The summed E-state index contributed by atoms with van der Waals surface area (Å²) in [5.41, 5.74) is 0. The zero-order valence-electron chi connectivity index (χ0n) is 11.7. The van der Waals surface area contributed by atoms with Crippen LogP contribution in [0, 0.1) is 5.92 Å². The molecule has 0 aliphatic carbocycles. The highest BCUT2D eigenvalue weighted by Crippen LogP contribution is 2.34. The Hall–Kier alpha value is -0.220. The number of hydrogen-bond acceptors (Lipinski definition) is 2. The molecule has 2 aliphatic heterocycles. The Bertz CT molecular complexity index is 271. The van der Waals surface area contributed by atoms with Gasteiger partial charge in [0, 0.05) is 13.1 Å². The van der Waals surface area contributed by atoms with Gasteiger partial charge in [-0.3, -0.25) is 9.80 Å². The number of hydrogen-bond donors (Lipinski definition) is 0. The molecule has 2 nitrogen and oxygen atoms in total. The molecule has 0 spiro atoms. The lowest BCUT2D eigenvalue weighted by atomic mass is 9.99. The number of halogens is 2. The van der Waals surface area contributed by atoms with E-state index in [-0.39, 0.29) is 6.54 Å². The minimum atomic E-state index is -2.53. The maximum atomic E-state index is 14.2. The first-order valence-corrected chi connectivity index (χ1v) is 7.41. The Morgan fingerprint density at radius 3 is 2.56 bits per heavy atom. The van der Waals surface area contributed by atoms with Crippen LogP contribution in [0.3, 0.4) is 0 Å². The molecule has 2 saturated heterocycles. The lowest BCUT2D eigenvalue weighted by Crippen LogP contribution is -2.57. The van der Waals surface area contributed by atoms with Crippen LogP contribution >= 0.6 is 0 Å². The van der Waals surface area contributed by atoms with Gasteiger partial charge in [0.1, 0.15) is 0 Å². The topological polar surface area (TPSA) is 6.48 Å². The summed E-state index contributed by atoms with van der Waals surface area (Å²) in [6.45, 7) is 7.41. The van der Waals surface area contributed by atoms with Crippen LogP contribution in [0.1, 0.15) is 39.5 Å². The van der Waals surface area contributed by atoms with Gasteiger partial charge in [0.25, 0.3) is 5.92 Å². The van der Waals surface area contributed by atoms with Crippen LogP contribution < -0.4 is 0 Å². The molecule has 2 rings (SSSR count). The van der Waals surface area contributed by atoms with E-state index in [0.717, 1.165) is 32.6 Å². The predicted octanol–water partition coefficient (Wildman–Crippen LogP) is 2.84. The van der Waals surface area contributed by atoms with E-state index >= 15 is 0 Å². The van der Waals surface area contributed by atoms with Gasteiger partial charge in [0.15, 0.2) is 0 Å². The molecular formula is C14H26F2N2. The third-order valence-electron chi connectivity index (χ3n) is 4.54. The molecule has 106 valence electrons. The van der Waals surface area contributed by atoms with E-state index in [1.165, 1.54) is 12.8 Å². The molecule has 0 aromatic rings. The Balaban J connectivity index is 1.93. The summed E-state index contributed by atoms with van der Waals surface area (Å²) in [4.78, 5) is 3.93. The zero-order chi connectivity index (χ0) is 13.2. The van der Waals surface area contributed by atoms with Gasteiger partial charge in [-0.1, -0.05) is 20.3 Å². The first-order chi connectivity index (χ1) is 8.56. The molecule has 0 radical (unpaired) electrons. The number of likely N-dealkylation sites (tertiary alicyclic amines) is 2. The van der Waals surface area contributed by atoms with E-state index in [1.54, 1.807) is 0 Å². The van der Waals surface area contributed by atoms with E-state index in [1.807, 2.05) is 11.8 Å². The van der Waals surface area contributed by atoms with E-state index in [0.29, 0.717) is 12.3 Å². The van der Waals surface area contributed by atoms with Crippen LogP contribution in [0.25, 0.3) is 0 Å².